The largest absolute Gasteiger partial charge is 0.493 e. The predicted molar refractivity (Wildman–Crippen MR) is 126 cm³/mol. The molecule has 7 heteroatoms. The number of benzene rings is 1. The molecule has 1 aromatic carbocycles. The Morgan fingerprint density at radius 3 is 2.79 bits per heavy atom. The third-order valence-corrected chi connectivity index (χ3v) is 7.39. The van der Waals surface area contributed by atoms with Gasteiger partial charge in [0.25, 0.3) is 0 Å². The summed E-state index contributed by atoms with van der Waals surface area (Å²) < 4.78 is 18.0. The fraction of sp³-hybridized carbons (Fsp3) is 0.556. The van der Waals surface area contributed by atoms with Crippen LogP contribution >= 0.6 is 0 Å². The molecule has 0 radical (unpaired) electrons. The summed E-state index contributed by atoms with van der Waals surface area (Å²) in [6.45, 7) is 3.09. The van der Waals surface area contributed by atoms with Crippen molar-refractivity contribution in [1.29, 1.82) is 5.26 Å². The third-order valence-electron chi connectivity index (χ3n) is 7.39. The first-order chi connectivity index (χ1) is 16.4. The van der Waals surface area contributed by atoms with Crippen LogP contribution < -0.4 is 4.74 Å². The van der Waals surface area contributed by atoms with Crippen LogP contribution in [0.5, 0.6) is 5.75 Å². The number of nitrogens with zero attached hydrogens (tertiary/aromatic N) is 2. The molecule has 7 nitrogen and oxygen atoms in total. The summed E-state index contributed by atoms with van der Waals surface area (Å²) in [5.41, 5.74) is -1.13. The van der Waals surface area contributed by atoms with Crippen LogP contribution in [0, 0.1) is 17.2 Å². The van der Waals surface area contributed by atoms with E-state index in [4.69, 9.17) is 19.2 Å². The van der Waals surface area contributed by atoms with Crippen molar-refractivity contribution in [2.75, 3.05) is 33.3 Å². The monoisotopic (exact) mass is 467 g/mol. The number of likely N-dealkylation sites (N-methyl/N-ethyl adjacent to an activating group) is 1. The van der Waals surface area contributed by atoms with E-state index in [1.54, 1.807) is 24.3 Å². The normalized spacial score (nSPS) is 24.8. The van der Waals surface area contributed by atoms with Gasteiger partial charge in [0.1, 0.15) is 18.1 Å². The van der Waals surface area contributed by atoms with Crippen molar-refractivity contribution in [3.8, 4) is 11.8 Å². The van der Waals surface area contributed by atoms with Crippen molar-refractivity contribution in [2.24, 2.45) is 5.92 Å². The fourth-order valence-electron chi connectivity index (χ4n) is 5.45. The van der Waals surface area contributed by atoms with Crippen molar-refractivity contribution in [3.05, 3.63) is 54.0 Å². The van der Waals surface area contributed by atoms with Gasteiger partial charge in [-0.2, -0.15) is 5.26 Å². The maximum Gasteiger partial charge on any atom is 0.346 e. The van der Waals surface area contributed by atoms with E-state index in [1.165, 1.54) is 6.26 Å². The second kappa shape index (κ2) is 10.6. The Kier molecular flexibility index (Phi) is 7.60. The molecule has 34 heavy (non-hydrogen) atoms. The number of hydrogen-bond donors (Lipinski definition) is 1. The van der Waals surface area contributed by atoms with Crippen molar-refractivity contribution < 1.29 is 28.3 Å². The summed E-state index contributed by atoms with van der Waals surface area (Å²) in [5.74, 6) is 0.236. The van der Waals surface area contributed by atoms with Crippen LogP contribution in [-0.2, 0) is 15.1 Å². The first kappa shape index (κ1) is 24.3. The summed E-state index contributed by atoms with van der Waals surface area (Å²) in [7, 11) is 2.17. The van der Waals surface area contributed by atoms with Gasteiger partial charge in [0.15, 0.2) is 6.10 Å². The average molecular weight is 468 g/mol. The van der Waals surface area contributed by atoms with Crippen LogP contribution in [0.3, 0.4) is 0 Å². The summed E-state index contributed by atoms with van der Waals surface area (Å²) in [4.78, 5) is 13.3. The number of aliphatic hydroxyl groups is 1. The number of carbonyl (C=O) groups is 1. The van der Waals surface area contributed by atoms with Gasteiger partial charge >= 0.3 is 5.97 Å². The molecule has 1 aromatic heterocycles. The number of rotatable bonds is 9. The molecule has 1 aliphatic carbocycles. The molecule has 1 saturated carbocycles. The van der Waals surface area contributed by atoms with Gasteiger partial charge in [-0.3, -0.25) is 0 Å². The topological polar surface area (TPSA) is 92.7 Å². The molecule has 1 aliphatic heterocycles. The first-order valence-electron chi connectivity index (χ1n) is 12.4. The lowest BCUT2D eigenvalue weighted by molar-refractivity contribution is -0.899. The van der Waals surface area contributed by atoms with Gasteiger partial charge in [0, 0.05) is 18.8 Å². The van der Waals surface area contributed by atoms with E-state index < -0.39 is 11.6 Å². The molecule has 0 spiro atoms. The van der Waals surface area contributed by atoms with E-state index >= 15 is 0 Å². The quantitative estimate of drug-likeness (QED) is 0.338. The molecular weight excluding hydrogens is 432 g/mol. The molecule has 3 atom stereocenters. The number of quaternary nitrogens is 1. The Morgan fingerprint density at radius 2 is 2.06 bits per heavy atom. The molecule has 3 unspecified atom stereocenters. The molecule has 2 aromatic rings. The third kappa shape index (κ3) is 5.45. The maximum atomic E-state index is 13.3. The maximum absolute atomic E-state index is 13.3. The highest BCUT2D eigenvalue weighted by Crippen LogP contribution is 2.41. The van der Waals surface area contributed by atoms with E-state index in [1.807, 2.05) is 12.1 Å². The van der Waals surface area contributed by atoms with Gasteiger partial charge in [-0.05, 0) is 43.2 Å². The zero-order valence-corrected chi connectivity index (χ0v) is 19.9. The Bertz CT molecular complexity index is 995. The Balaban J connectivity index is 1.30. The number of hydrogen-bond acceptors (Lipinski definition) is 6. The van der Waals surface area contributed by atoms with E-state index in [2.05, 4.69) is 13.1 Å². The lowest BCUT2D eigenvalue weighted by atomic mass is 9.75. The SMILES string of the molecule is C[N+]1(CCCOc2cccc(C#N)c2)CCC(OC(=O)C(O)(c2ccco2)C2CCCCC2)C1. The number of likely N-dealkylation sites (tertiary alicyclic amines) is 1. The van der Waals surface area contributed by atoms with Crippen LogP contribution in [0.25, 0.3) is 0 Å². The molecule has 0 amide bonds. The minimum Gasteiger partial charge on any atom is -0.493 e. The highest BCUT2D eigenvalue weighted by Gasteiger charge is 2.51. The predicted octanol–water partition coefficient (Wildman–Crippen LogP) is 4.15. The summed E-state index contributed by atoms with van der Waals surface area (Å²) in [6, 6.07) is 12.7. The van der Waals surface area contributed by atoms with Gasteiger partial charge in [-0.1, -0.05) is 25.3 Å². The zero-order valence-electron chi connectivity index (χ0n) is 19.9. The summed E-state index contributed by atoms with van der Waals surface area (Å²) in [6.07, 6.45) is 7.62. The van der Waals surface area contributed by atoms with Gasteiger partial charge in [-0.15, -0.1) is 0 Å². The average Bonchev–Trinajstić information content (AvgIpc) is 3.53. The highest BCUT2D eigenvalue weighted by atomic mass is 16.6. The summed E-state index contributed by atoms with van der Waals surface area (Å²) >= 11 is 0. The smallest absolute Gasteiger partial charge is 0.346 e. The highest BCUT2D eigenvalue weighted by molar-refractivity contribution is 5.81. The van der Waals surface area contributed by atoms with Crippen LogP contribution in [0.15, 0.2) is 47.1 Å². The Morgan fingerprint density at radius 1 is 1.24 bits per heavy atom. The van der Waals surface area contributed by atoms with Gasteiger partial charge in [0.05, 0.1) is 44.6 Å². The van der Waals surface area contributed by atoms with Crippen molar-refractivity contribution in [3.63, 3.8) is 0 Å². The molecule has 2 fully saturated rings. The lowest BCUT2D eigenvalue weighted by Crippen LogP contribution is -2.47. The first-order valence-corrected chi connectivity index (χ1v) is 12.4. The minimum absolute atomic E-state index is 0.182. The molecule has 2 heterocycles. The minimum atomic E-state index is -1.72. The number of nitriles is 1. The molecule has 4 rings (SSSR count). The van der Waals surface area contributed by atoms with Crippen molar-refractivity contribution in [2.45, 2.75) is 56.7 Å². The second-order valence-corrected chi connectivity index (χ2v) is 9.99. The van der Waals surface area contributed by atoms with Gasteiger partial charge < -0.3 is 23.5 Å². The van der Waals surface area contributed by atoms with Crippen molar-refractivity contribution in [1.82, 2.24) is 0 Å². The molecule has 0 bridgehead atoms. The van der Waals surface area contributed by atoms with E-state index in [0.29, 0.717) is 24.5 Å². The molecule has 1 N–H and O–H groups in total. The Labute approximate surface area is 201 Å². The zero-order chi connectivity index (χ0) is 24.0. The van der Waals surface area contributed by atoms with Gasteiger partial charge in [0.2, 0.25) is 5.60 Å². The number of furan rings is 1. The van der Waals surface area contributed by atoms with E-state index in [9.17, 15) is 9.90 Å². The van der Waals surface area contributed by atoms with Gasteiger partial charge in [-0.25, -0.2) is 4.79 Å². The summed E-state index contributed by atoms with van der Waals surface area (Å²) in [5, 5.41) is 20.6. The van der Waals surface area contributed by atoms with Crippen LogP contribution in [-0.4, -0.2) is 55.0 Å². The Hall–Kier alpha value is -2.82. The van der Waals surface area contributed by atoms with Crippen molar-refractivity contribution >= 4 is 5.97 Å². The molecular formula is C27H35N2O5+. The van der Waals surface area contributed by atoms with Crippen LogP contribution in [0.1, 0.15) is 56.3 Å². The molecule has 2 aliphatic rings. The van der Waals surface area contributed by atoms with Crippen LogP contribution in [0.2, 0.25) is 0 Å². The lowest BCUT2D eigenvalue weighted by Gasteiger charge is -2.35. The van der Waals surface area contributed by atoms with E-state index in [-0.39, 0.29) is 17.8 Å². The molecule has 182 valence electrons. The fourth-order valence-corrected chi connectivity index (χ4v) is 5.45. The molecule has 1 saturated heterocycles. The number of esters is 1. The van der Waals surface area contributed by atoms with Crippen LogP contribution in [0.4, 0.5) is 0 Å². The second-order valence-electron chi connectivity index (χ2n) is 9.99. The van der Waals surface area contributed by atoms with E-state index in [0.717, 1.165) is 62.5 Å². The standard InChI is InChI=1S/C27H35N2O5/c1-29(14-7-17-32-23-11-5-8-21(18-23)19-28)15-13-24(20-29)34-26(30)27(31,25-12-6-16-33-25)22-9-3-2-4-10-22/h5-6,8,11-12,16,18,22,24,31H,2-4,7,9-10,13-15,17,20H2,1H3/q+1. The number of ether oxygens (including phenoxy) is 2. The number of carbonyl (C=O) groups excluding carboxylic acids is 1.